The molecule has 2 rings (SSSR count). The monoisotopic (exact) mass is 430 g/mol. The SMILES string of the molecule is CCNC(=NCc1ccccc1NS(C)(=O)=O)NCCCc1ccc(C(C)C)cc1. The lowest BCUT2D eigenvalue weighted by Gasteiger charge is -2.13. The molecule has 6 nitrogen and oxygen atoms in total. The van der Waals surface area contributed by atoms with E-state index in [9.17, 15) is 8.42 Å². The van der Waals surface area contributed by atoms with Crippen LogP contribution in [0.2, 0.25) is 0 Å². The first-order valence-electron chi connectivity index (χ1n) is 10.4. The number of rotatable bonds is 10. The Balaban J connectivity index is 1.90. The summed E-state index contributed by atoms with van der Waals surface area (Å²) in [7, 11) is -3.33. The summed E-state index contributed by atoms with van der Waals surface area (Å²) in [5, 5.41) is 6.60. The van der Waals surface area contributed by atoms with Gasteiger partial charge in [-0.25, -0.2) is 13.4 Å². The van der Waals surface area contributed by atoms with Crippen molar-refractivity contribution >= 4 is 21.7 Å². The molecule has 3 N–H and O–H groups in total. The number of guanidine groups is 1. The standard InChI is InChI=1S/C23H34N4O2S/c1-5-24-23(25-16-8-9-19-12-14-20(15-13-19)18(2)3)26-17-21-10-6-7-11-22(21)27-30(4,28)29/h6-7,10-15,18,27H,5,8-9,16-17H2,1-4H3,(H2,24,25,26). The largest absolute Gasteiger partial charge is 0.357 e. The van der Waals surface area contributed by atoms with Crippen molar-refractivity contribution in [1.82, 2.24) is 10.6 Å². The van der Waals surface area contributed by atoms with E-state index in [4.69, 9.17) is 0 Å². The van der Waals surface area contributed by atoms with Crippen LogP contribution in [-0.2, 0) is 23.0 Å². The predicted octanol–water partition coefficient (Wildman–Crippen LogP) is 3.87. The van der Waals surface area contributed by atoms with Gasteiger partial charge in [0.25, 0.3) is 0 Å². The zero-order valence-corrected chi connectivity index (χ0v) is 19.2. The summed E-state index contributed by atoms with van der Waals surface area (Å²) >= 11 is 0. The van der Waals surface area contributed by atoms with E-state index in [0.29, 0.717) is 18.2 Å². The van der Waals surface area contributed by atoms with Gasteiger partial charge in [-0.2, -0.15) is 0 Å². The van der Waals surface area contributed by atoms with Gasteiger partial charge in [-0.1, -0.05) is 56.3 Å². The number of benzene rings is 2. The number of hydrogen-bond donors (Lipinski definition) is 3. The second-order valence-corrected chi connectivity index (χ2v) is 9.40. The maximum atomic E-state index is 11.6. The molecule has 164 valence electrons. The minimum atomic E-state index is -3.33. The van der Waals surface area contributed by atoms with E-state index in [1.165, 1.54) is 11.1 Å². The van der Waals surface area contributed by atoms with Crippen LogP contribution in [0.1, 0.15) is 49.8 Å². The van der Waals surface area contributed by atoms with Gasteiger partial charge in [-0.05, 0) is 48.4 Å². The third-order valence-electron chi connectivity index (χ3n) is 4.65. The molecule has 0 unspecified atom stereocenters. The van der Waals surface area contributed by atoms with Crippen LogP contribution < -0.4 is 15.4 Å². The average Bonchev–Trinajstić information content (AvgIpc) is 2.69. The quantitative estimate of drug-likeness (QED) is 0.304. The Morgan fingerprint density at radius 1 is 1.03 bits per heavy atom. The van der Waals surface area contributed by atoms with E-state index in [0.717, 1.165) is 43.7 Å². The topological polar surface area (TPSA) is 82.6 Å². The lowest BCUT2D eigenvalue weighted by atomic mass is 10.0. The molecule has 0 bridgehead atoms. The van der Waals surface area contributed by atoms with E-state index < -0.39 is 10.0 Å². The molecular weight excluding hydrogens is 396 g/mol. The van der Waals surface area contributed by atoms with Crippen LogP contribution in [0.5, 0.6) is 0 Å². The normalized spacial score (nSPS) is 12.1. The Bertz CT molecular complexity index is 922. The summed E-state index contributed by atoms with van der Waals surface area (Å²) in [6.45, 7) is 8.37. The van der Waals surface area contributed by atoms with Crippen LogP contribution >= 0.6 is 0 Å². The summed E-state index contributed by atoms with van der Waals surface area (Å²) in [4.78, 5) is 4.61. The van der Waals surface area contributed by atoms with E-state index in [1.54, 1.807) is 12.1 Å². The Morgan fingerprint density at radius 3 is 2.37 bits per heavy atom. The number of para-hydroxylation sites is 1. The number of aryl methyl sites for hydroxylation is 1. The number of hydrogen-bond acceptors (Lipinski definition) is 3. The fourth-order valence-electron chi connectivity index (χ4n) is 3.03. The predicted molar refractivity (Wildman–Crippen MR) is 127 cm³/mol. The molecule has 0 saturated heterocycles. The van der Waals surface area contributed by atoms with Crippen LogP contribution in [0, 0.1) is 0 Å². The Morgan fingerprint density at radius 2 is 1.73 bits per heavy atom. The fraction of sp³-hybridized carbons (Fsp3) is 0.435. The summed E-state index contributed by atoms with van der Waals surface area (Å²) in [5.41, 5.74) is 4.09. The molecule has 2 aromatic rings. The van der Waals surface area contributed by atoms with Gasteiger partial charge in [-0.15, -0.1) is 0 Å². The van der Waals surface area contributed by atoms with Crippen molar-refractivity contribution in [2.45, 2.75) is 46.1 Å². The van der Waals surface area contributed by atoms with Gasteiger partial charge in [-0.3, -0.25) is 4.72 Å². The zero-order valence-electron chi connectivity index (χ0n) is 18.4. The Hall–Kier alpha value is -2.54. The van der Waals surface area contributed by atoms with Gasteiger partial charge in [0.2, 0.25) is 10.0 Å². The lowest BCUT2D eigenvalue weighted by Crippen LogP contribution is -2.37. The third kappa shape index (κ3) is 8.45. The molecular formula is C23H34N4O2S. The van der Waals surface area contributed by atoms with Gasteiger partial charge in [0.15, 0.2) is 5.96 Å². The van der Waals surface area contributed by atoms with Gasteiger partial charge in [0, 0.05) is 13.1 Å². The highest BCUT2D eigenvalue weighted by Crippen LogP contribution is 2.17. The first-order chi connectivity index (χ1) is 14.3. The maximum absolute atomic E-state index is 11.6. The highest BCUT2D eigenvalue weighted by atomic mass is 32.2. The molecule has 30 heavy (non-hydrogen) atoms. The first-order valence-corrected chi connectivity index (χ1v) is 12.3. The van der Waals surface area contributed by atoms with E-state index in [-0.39, 0.29) is 0 Å². The molecule has 0 radical (unpaired) electrons. The van der Waals surface area contributed by atoms with E-state index >= 15 is 0 Å². The van der Waals surface area contributed by atoms with Crippen LogP contribution in [0.3, 0.4) is 0 Å². The van der Waals surface area contributed by atoms with Crippen molar-refractivity contribution in [2.75, 3.05) is 24.1 Å². The number of aliphatic imine (C=N–C) groups is 1. The van der Waals surface area contributed by atoms with Crippen molar-refractivity contribution in [1.29, 1.82) is 0 Å². The van der Waals surface area contributed by atoms with Crippen molar-refractivity contribution < 1.29 is 8.42 Å². The van der Waals surface area contributed by atoms with Gasteiger partial charge < -0.3 is 10.6 Å². The van der Waals surface area contributed by atoms with Gasteiger partial charge in [0.1, 0.15) is 0 Å². The zero-order chi connectivity index (χ0) is 22.0. The van der Waals surface area contributed by atoms with E-state index in [1.807, 2.05) is 19.1 Å². The summed E-state index contributed by atoms with van der Waals surface area (Å²) in [5.74, 6) is 1.28. The minimum absolute atomic E-state index is 0.380. The number of nitrogens with one attached hydrogen (secondary N) is 3. The molecule has 0 aliphatic rings. The van der Waals surface area contributed by atoms with Gasteiger partial charge in [0.05, 0.1) is 18.5 Å². The molecule has 7 heteroatoms. The van der Waals surface area contributed by atoms with Gasteiger partial charge >= 0.3 is 0 Å². The lowest BCUT2D eigenvalue weighted by molar-refractivity contribution is 0.606. The van der Waals surface area contributed by atoms with Crippen molar-refractivity contribution in [3.05, 3.63) is 65.2 Å². The maximum Gasteiger partial charge on any atom is 0.229 e. The molecule has 0 amide bonds. The highest BCUT2D eigenvalue weighted by Gasteiger charge is 2.07. The molecule has 2 aromatic carbocycles. The van der Waals surface area contributed by atoms with Crippen LogP contribution in [0.25, 0.3) is 0 Å². The number of nitrogens with zero attached hydrogens (tertiary/aromatic N) is 1. The molecule has 0 aliphatic heterocycles. The molecule has 0 fully saturated rings. The van der Waals surface area contributed by atoms with Crippen LogP contribution in [0.4, 0.5) is 5.69 Å². The minimum Gasteiger partial charge on any atom is -0.357 e. The van der Waals surface area contributed by atoms with Crippen molar-refractivity contribution in [3.63, 3.8) is 0 Å². The molecule has 0 aliphatic carbocycles. The number of sulfonamides is 1. The second-order valence-electron chi connectivity index (χ2n) is 7.65. The highest BCUT2D eigenvalue weighted by molar-refractivity contribution is 7.92. The smallest absolute Gasteiger partial charge is 0.229 e. The molecule has 0 saturated carbocycles. The van der Waals surface area contributed by atoms with E-state index in [2.05, 4.69) is 58.5 Å². The number of anilines is 1. The molecule has 0 spiro atoms. The summed E-state index contributed by atoms with van der Waals surface area (Å²) in [6, 6.07) is 16.1. The molecule has 0 heterocycles. The summed E-state index contributed by atoms with van der Waals surface area (Å²) < 4.78 is 25.7. The van der Waals surface area contributed by atoms with Crippen molar-refractivity contribution in [3.8, 4) is 0 Å². The second kappa shape index (κ2) is 11.6. The third-order valence-corrected chi connectivity index (χ3v) is 5.24. The molecule has 0 aromatic heterocycles. The van der Waals surface area contributed by atoms with Crippen LogP contribution in [-0.4, -0.2) is 33.7 Å². The average molecular weight is 431 g/mol. The summed E-state index contributed by atoms with van der Waals surface area (Å²) in [6.07, 6.45) is 3.15. The van der Waals surface area contributed by atoms with Crippen molar-refractivity contribution in [2.24, 2.45) is 4.99 Å². The first kappa shape index (κ1) is 23.7. The molecule has 0 atom stereocenters. The van der Waals surface area contributed by atoms with Crippen LogP contribution in [0.15, 0.2) is 53.5 Å². The Kier molecular flexibility index (Phi) is 9.17. The Labute approximate surface area is 181 Å². The fourth-order valence-corrected chi connectivity index (χ4v) is 3.63.